The van der Waals surface area contributed by atoms with Crippen LogP contribution in [0.5, 0.6) is 0 Å². The number of rotatable bonds is 19. The van der Waals surface area contributed by atoms with Crippen LogP contribution in [0, 0.1) is 5.92 Å². The minimum atomic E-state index is -0.0721. The average Bonchev–Trinajstić information content (AvgIpc) is 2.59. The number of hydrogen-bond donors (Lipinski definition) is 0. The number of unbranched alkanes of at least 4 members (excludes halogenated alkanes) is 12. The van der Waals surface area contributed by atoms with E-state index in [0.29, 0.717) is 25.0 Å². The second-order valence-corrected chi connectivity index (χ2v) is 7.85. The summed E-state index contributed by atoms with van der Waals surface area (Å²) in [4.78, 5) is 24.2. The van der Waals surface area contributed by atoms with Gasteiger partial charge in [0.25, 0.3) is 0 Å². The summed E-state index contributed by atoms with van der Waals surface area (Å²) in [6.45, 7) is 6.40. The summed E-state index contributed by atoms with van der Waals surface area (Å²) in [6.07, 6.45) is 19.1. The van der Waals surface area contributed by atoms with E-state index in [4.69, 9.17) is 0 Å². The van der Waals surface area contributed by atoms with Gasteiger partial charge >= 0.3 is 0 Å². The molecule has 25 heavy (non-hydrogen) atoms. The van der Waals surface area contributed by atoms with E-state index in [1.54, 1.807) is 0 Å². The van der Waals surface area contributed by atoms with E-state index in [-0.39, 0.29) is 11.7 Å². The maximum Gasteiger partial charge on any atom is 0.136 e. The van der Waals surface area contributed by atoms with Crippen molar-refractivity contribution in [3.8, 4) is 0 Å². The third-order valence-corrected chi connectivity index (χ3v) is 5.17. The smallest absolute Gasteiger partial charge is 0.136 e. The van der Waals surface area contributed by atoms with E-state index in [0.717, 1.165) is 25.7 Å². The molecule has 0 N–H and O–H groups in total. The molecule has 2 heteroatoms. The van der Waals surface area contributed by atoms with Crippen LogP contribution in [0.3, 0.4) is 0 Å². The van der Waals surface area contributed by atoms with Gasteiger partial charge in [0.1, 0.15) is 11.6 Å². The molecular formula is C23H44O2. The van der Waals surface area contributed by atoms with Crippen LogP contribution >= 0.6 is 0 Å². The monoisotopic (exact) mass is 352 g/mol. The van der Waals surface area contributed by atoms with Crippen molar-refractivity contribution < 1.29 is 9.59 Å². The molecule has 0 aromatic heterocycles. The molecule has 0 spiro atoms. The van der Waals surface area contributed by atoms with Crippen LogP contribution in [-0.4, -0.2) is 11.6 Å². The molecule has 0 aliphatic rings. The fourth-order valence-corrected chi connectivity index (χ4v) is 3.34. The Labute approximate surface area is 157 Å². The molecule has 0 aliphatic carbocycles. The number of hydrogen-bond acceptors (Lipinski definition) is 2. The zero-order valence-corrected chi connectivity index (χ0v) is 17.4. The summed E-state index contributed by atoms with van der Waals surface area (Å²) in [7, 11) is 0. The third-order valence-electron chi connectivity index (χ3n) is 5.17. The summed E-state index contributed by atoms with van der Waals surface area (Å²) in [5, 5.41) is 0. The number of carbonyl (C=O) groups is 2. The first kappa shape index (κ1) is 24.3. The van der Waals surface area contributed by atoms with Crippen molar-refractivity contribution >= 4 is 11.6 Å². The van der Waals surface area contributed by atoms with Crippen LogP contribution in [0.4, 0.5) is 0 Å². The highest BCUT2D eigenvalue weighted by molar-refractivity contribution is 5.87. The lowest BCUT2D eigenvalue weighted by Gasteiger charge is -2.10. The van der Waals surface area contributed by atoms with Gasteiger partial charge in [0.2, 0.25) is 0 Å². The van der Waals surface area contributed by atoms with Gasteiger partial charge in [0.05, 0.1) is 0 Å². The number of Topliss-reactive ketones (excluding diaryl/α,β-unsaturated/α-hetero) is 2. The highest BCUT2D eigenvalue weighted by Gasteiger charge is 2.16. The normalized spacial score (nSPS) is 12.3. The van der Waals surface area contributed by atoms with Crippen molar-refractivity contribution in [2.45, 2.75) is 130 Å². The van der Waals surface area contributed by atoms with Gasteiger partial charge in [-0.05, 0) is 12.8 Å². The average molecular weight is 353 g/mol. The van der Waals surface area contributed by atoms with Crippen molar-refractivity contribution in [3.63, 3.8) is 0 Å². The summed E-state index contributed by atoms with van der Waals surface area (Å²) >= 11 is 0. The maximum atomic E-state index is 12.1. The lowest BCUT2D eigenvalue weighted by Crippen LogP contribution is -2.15. The molecule has 1 atom stereocenters. The Morgan fingerprint density at radius 3 is 1.48 bits per heavy atom. The summed E-state index contributed by atoms with van der Waals surface area (Å²) in [6, 6.07) is 0. The minimum absolute atomic E-state index is 0.0721. The Kier molecular flexibility index (Phi) is 17.7. The van der Waals surface area contributed by atoms with E-state index in [1.807, 2.05) is 6.92 Å². The molecule has 0 rings (SSSR count). The zero-order valence-electron chi connectivity index (χ0n) is 17.4. The minimum Gasteiger partial charge on any atom is -0.300 e. The van der Waals surface area contributed by atoms with Gasteiger partial charge in [-0.1, -0.05) is 97.8 Å². The van der Waals surface area contributed by atoms with E-state index >= 15 is 0 Å². The zero-order chi connectivity index (χ0) is 18.8. The second kappa shape index (κ2) is 18.1. The first-order valence-corrected chi connectivity index (χ1v) is 11.2. The topological polar surface area (TPSA) is 34.1 Å². The molecule has 0 saturated carbocycles. The number of ketones is 2. The van der Waals surface area contributed by atoms with E-state index < -0.39 is 0 Å². The molecular weight excluding hydrogens is 308 g/mol. The quantitative estimate of drug-likeness (QED) is 0.226. The van der Waals surface area contributed by atoms with E-state index in [1.165, 1.54) is 64.2 Å². The fourth-order valence-electron chi connectivity index (χ4n) is 3.34. The van der Waals surface area contributed by atoms with Crippen molar-refractivity contribution in [3.05, 3.63) is 0 Å². The highest BCUT2D eigenvalue weighted by atomic mass is 16.1. The van der Waals surface area contributed by atoms with Crippen LogP contribution in [0.15, 0.2) is 0 Å². The highest BCUT2D eigenvalue weighted by Crippen LogP contribution is 2.15. The summed E-state index contributed by atoms with van der Waals surface area (Å²) in [5.74, 6) is 0.507. The standard InChI is InChI=1S/C23H44O2/c1-4-6-8-10-12-14-16-18-22(24)20-21(3)23(25)19-17-15-13-11-9-7-5-2/h21H,4-20H2,1-3H3. The lowest BCUT2D eigenvalue weighted by molar-refractivity contribution is -0.127. The molecule has 148 valence electrons. The number of carbonyl (C=O) groups excluding carboxylic acids is 2. The molecule has 0 aromatic carbocycles. The van der Waals surface area contributed by atoms with Gasteiger partial charge in [-0.25, -0.2) is 0 Å². The summed E-state index contributed by atoms with van der Waals surface area (Å²) < 4.78 is 0. The SMILES string of the molecule is CCCCCCCCCC(=O)CC(C)C(=O)CCCCCCCCC. The second-order valence-electron chi connectivity index (χ2n) is 7.85. The van der Waals surface area contributed by atoms with Crippen LogP contribution < -0.4 is 0 Å². The Bertz CT molecular complexity index is 322. The van der Waals surface area contributed by atoms with Crippen LogP contribution in [0.25, 0.3) is 0 Å². The van der Waals surface area contributed by atoms with Crippen LogP contribution in [0.1, 0.15) is 130 Å². The van der Waals surface area contributed by atoms with E-state index in [9.17, 15) is 9.59 Å². The van der Waals surface area contributed by atoms with E-state index in [2.05, 4.69) is 13.8 Å². The molecule has 0 radical (unpaired) electrons. The van der Waals surface area contributed by atoms with Gasteiger partial charge < -0.3 is 0 Å². The first-order valence-electron chi connectivity index (χ1n) is 11.2. The fraction of sp³-hybridized carbons (Fsp3) is 0.913. The molecule has 0 aromatic rings. The molecule has 0 aliphatic heterocycles. The van der Waals surface area contributed by atoms with Crippen molar-refractivity contribution in [2.24, 2.45) is 5.92 Å². The van der Waals surface area contributed by atoms with Crippen molar-refractivity contribution in [2.75, 3.05) is 0 Å². The Morgan fingerprint density at radius 1 is 0.600 bits per heavy atom. The van der Waals surface area contributed by atoms with Crippen LogP contribution in [0.2, 0.25) is 0 Å². The van der Waals surface area contributed by atoms with Crippen LogP contribution in [-0.2, 0) is 9.59 Å². The summed E-state index contributed by atoms with van der Waals surface area (Å²) in [5.41, 5.74) is 0. The molecule has 0 fully saturated rings. The predicted molar refractivity (Wildman–Crippen MR) is 109 cm³/mol. The molecule has 1 unspecified atom stereocenters. The van der Waals surface area contributed by atoms with Gasteiger partial charge in [0, 0.05) is 25.2 Å². The molecule has 0 heterocycles. The Hall–Kier alpha value is -0.660. The Balaban J connectivity index is 3.56. The Morgan fingerprint density at radius 2 is 1.00 bits per heavy atom. The molecule has 2 nitrogen and oxygen atoms in total. The van der Waals surface area contributed by atoms with Gasteiger partial charge in [-0.3, -0.25) is 9.59 Å². The molecule has 0 amide bonds. The van der Waals surface area contributed by atoms with Crippen molar-refractivity contribution in [1.29, 1.82) is 0 Å². The first-order chi connectivity index (χ1) is 12.1. The van der Waals surface area contributed by atoms with Gasteiger partial charge in [0.15, 0.2) is 0 Å². The van der Waals surface area contributed by atoms with Gasteiger partial charge in [-0.2, -0.15) is 0 Å². The molecule has 0 bridgehead atoms. The largest absolute Gasteiger partial charge is 0.300 e. The van der Waals surface area contributed by atoms with Crippen molar-refractivity contribution in [1.82, 2.24) is 0 Å². The molecule has 0 saturated heterocycles. The van der Waals surface area contributed by atoms with Gasteiger partial charge in [-0.15, -0.1) is 0 Å². The maximum absolute atomic E-state index is 12.1. The third kappa shape index (κ3) is 16.6. The lowest BCUT2D eigenvalue weighted by atomic mass is 9.94. The predicted octanol–water partition coefficient (Wildman–Crippen LogP) is 7.43.